The lowest BCUT2D eigenvalue weighted by Crippen LogP contribution is -2.39. The maximum absolute atomic E-state index is 13.2. The van der Waals surface area contributed by atoms with Crippen LogP contribution in [0, 0.1) is 11.7 Å². The van der Waals surface area contributed by atoms with E-state index in [0.29, 0.717) is 53.8 Å². The van der Waals surface area contributed by atoms with E-state index >= 15 is 0 Å². The number of carbonyl (C=O) groups is 1. The van der Waals surface area contributed by atoms with Gasteiger partial charge in [0.05, 0.1) is 17.2 Å². The molecule has 39 heavy (non-hydrogen) atoms. The Labute approximate surface area is 228 Å². The number of alkyl halides is 3. The molecule has 1 aliphatic rings. The number of aliphatic hydroxyl groups excluding tert-OH is 1. The zero-order chi connectivity index (χ0) is 26.9. The van der Waals surface area contributed by atoms with Gasteiger partial charge in [0.1, 0.15) is 5.82 Å². The third-order valence-electron chi connectivity index (χ3n) is 6.97. The van der Waals surface area contributed by atoms with Crippen molar-refractivity contribution in [1.82, 2.24) is 9.88 Å². The van der Waals surface area contributed by atoms with Crippen LogP contribution in [0.1, 0.15) is 40.4 Å². The second kappa shape index (κ2) is 11.6. The van der Waals surface area contributed by atoms with Crippen LogP contribution in [0.25, 0.3) is 10.9 Å². The fourth-order valence-electron chi connectivity index (χ4n) is 4.82. The molecule has 10 heteroatoms. The predicted octanol–water partition coefficient (Wildman–Crippen LogP) is 7.14. The van der Waals surface area contributed by atoms with E-state index < -0.39 is 17.8 Å². The number of fused-ring (bicyclic) bond motifs is 1. The minimum absolute atomic E-state index is 0. The highest BCUT2D eigenvalue weighted by Gasteiger charge is 2.31. The number of pyridine rings is 1. The maximum Gasteiger partial charge on any atom is 0.416 e. The molecule has 4 aromatic rings. The summed E-state index contributed by atoms with van der Waals surface area (Å²) in [4.78, 5) is 18.9. The summed E-state index contributed by atoms with van der Waals surface area (Å²) in [5.74, 6) is -0.477. The van der Waals surface area contributed by atoms with E-state index in [-0.39, 0.29) is 35.6 Å². The Hall–Kier alpha value is -3.69. The number of likely N-dealkylation sites (tertiary alicyclic amines) is 1. The number of rotatable bonds is 5. The molecule has 5 rings (SSSR count). The molecule has 1 aromatic heterocycles. The van der Waals surface area contributed by atoms with E-state index in [1.54, 1.807) is 47.4 Å². The molecule has 5 nitrogen and oxygen atoms in total. The first-order valence-corrected chi connectivity index (χ1v) is 12.2. The lowest BCUT2D eigenvalue weighted by Gasteiger charge is -2.34. The zero-order valence-corrected chi connectivity index (χ0v) is 21.5. The maximum atomic E-state index is 13.2. The Morgan fingerprint density at radius 1 is 0.974 bits per heavy atom. The first kappa shape index (κ1) is 28.3. The molecule has 1 amide bonds. The average molecular weight is 560 g/mol. The molecular formula is C29H26ClF4N3O2. The fraction of sp³-hybridized carbons (Fsp3) is 0.241. The predicted molar refractivity (Wildman–Crippen MR) is 144 cm³/mol. The second-order valence-electron chi connectivity index (χ2n) is 9.42. The standard InChI is InChI=1S/C29H25F4N3O2.ClH/c30-22-6-1-18(2-7-22)27(37)19-12-15-36(16-13-19)28(38)20-3-8-23(9-4-20)35-25-11-14-34-26-17-21(29(31,32)33)5-10-24(25)26;/h1-11,14,17,19,27,37H,12-13,15-16H2,(H,34,35);1H. The van der Waals surface area contributed by atoms with E-state index in [9.17, 15) is 27.5 Å². The molecule has 1 aliphatic heterocycles. The normalized spacial score (nSPS) is 15.1. The monoisotopic (exact) mass is 559 g/mol. The number of hydrogen-bond acceptors (Lipinski definition) is 4. The van der Waals surface area contributed by atoms with Gasteiger partial charge >= 0.3 is 6.18 Å². The summed E-state index contributed by atoms with van der Waals surface area (Å²) in [6.07, 6.45) is -2.44. The molecule has 1 atom stereocenters. The van der Waals surface area contributed by atoms with Gasteiger partial charge in [-0.15, -0.1) is 12.4 Å². The molecule has 1 fully saturated rings. The van der Waals surface area contributed by atoms with Crippen LogP contribution >= 0.6 is 12.4 Å². The number of aliphatic hydroxyl groups is 1. The van der Waals surface area contributed by atoms with Crippen molar-refractivity contribution < 1.29 is 27.5 Å². The second-order valence-corrected chi connectivity index (χ2v) is 9.42. The van der Waals surface area contributed by atoms with Gasteiger partial charge in [-0.05, 0) is 78.9 Å². The van der Waals surface area contributed by atoms with Gasteiger partial charge in [0.15, 0.2) is 0 Å². The number of anilines is 2. The van der Waals surface area contributed by atoms with Crippen molar-refractivity contribution in [3.05, 3.63) is 102 Å². The van der Waals surface area contributed by atoms with Crippen molar-refractivity contribution in [3.8, 4) is 0 Å². The number of aromatic nitrogens is 1. The summed E-state index contributed by atoms with van der Waals surface area (Å²) in [5.41, 5.74) is 1.93. The van der Waals surface area contributed by atoms with Gasteiger partial charge in [-0.1, -0.05) is 18.2 Å². The largest absolute Gasteiger partial charge is 0.416 e. The first-order chi connectivity index (χ1) is 18.2. The van der Waals surface area contributed by atoms with Crippen LogP contribution in [0.4, 0.5) is 28.9 Å². The molecule has 0 aliphatic carbocycles. The van der Waals surface area contributed by atoms with Crippen LogP contribution in [-0.4, -0.2) is 34.0 Å². The number of amides is 1. The molecule has 0 radical (unpaired) electrons. The SMILES string of the molecule is Cl.O=C(c1ccc(Nc2ccnc3cc(C(F)(F)F)ccc23)cc1)N1CCC(C(O)c2ccc(F)cc2)CC1. The number of carbonyl (C=O) groups excluding carboxylic acids is 1. The van der Waals surface area contributed by atoms with Crippen LogP contribution in [0.3, 0.4) is 0 Å². The van der Waals surface area contributed by atoms with Gasteiger partial charge in [-0.25, -0.2) is 4.39 Å². The van der Waals surface area contributed by atoms with Gasteiger partial charge in [0.2, 0.25) is 0 Å². The first-order valence-electron chi connectivity index (χ1n) is 12.2. The topological polar surface area (TPSA) is 65.5 Å². The van der Waals surface area contributed by atoms with Crippen molar-refractivity contribution in [3.63, 3.8) is 0 Å². The summed E-state index contributed by atoms with van der Waals surface area (Å²) in [6, 6.07) is 17.8. The van der Waals surface area contributed by atoms with Crippen molar-refractivity contribution in [2.24, 2.45) is 5.92 Å². The average Bonchev–Trinajstić information content (AvgIpc) is 2.92. The molecule has 1 unspecified atom stereocenters. The Kier molecular flexibility index (Phi) is 8.42. The molecular weight excluding hydrogens is 534 g/mol. The number of nitrogens with zero attached hydrogens (tertiary/aromatic N) is 2. The number of benzene rings is 3. The highest BCUT2D eigenvalue weighted by Crippen LogP contribution is 2.34. The summed E-state index contributed by atoms with van der Waals surface area (Å²) in [7, 11) is 0. The fourth-order valence-corrected chi connectivity index (χ4v) is 4.82. The Bertz CT molecular complexity index is 1440. The quantitative estimate of drug-likeness (QED) is 0.255. The summed E-state index contributed by atoms with van der Waals surface area (Å²) in [6.45, 7) is 1.01. The molecule has 0 bridgehead atoms. The minimum atomic E-state index is -4.45. The van der Waals surface area contributed by atoms with Gasteiger partial charge in [0, 0.05) is 41.6 Å². The molecule has 204 valence electrons. The number of piperidine rings is 1. The summed E-state index contributed by atoms with van der Waals surface area (Å²) in [5, 5.41) is 14.4. The van der Waals surface area contributed by atoms with Crippen LogP contribution < -0.4 is 5.32 Å². The van der Waals surface area contributed by atoms with Gasteiger partial charge in [0.25, 0.3) is 5.91 Å². The third-order valence-corrected chi connectivity index (χ3v) is 6.97. The van der Waals surface area contributed by atoms with Crippen LogP contribution in [0.2, 0.25) is 0 Å². The highest BCUT2D eigenvalue weighted by atomic mass is 35.5. The minimum Gasteiger partial charge on any atom is -0.388 e. The third kappa shape index (κ3) is 6.32. The van der Waals surface area contributed by atoms with E-state index in [0.717, 1.165) is 12.1 Å². The van der Waals surface area contributed by atoms with Crippen molar-refractivity contribution in [2.45, 2.75) is 25.1 Å². The molecule has 2 N–H and O–H groups in total. The van der Waals surface area contributed by atoms with E-state index in [4.69, 9.17) is 0 Å². The molecule has 0 saturated carbocycles. The van der Waals surface area contributed by atoms with Crippen molar-refractivity contribution >= 4 is 40.6 Å². The summed E-state index contributed by atoms with van der Waals surface area (Å²) >= 11 is 0. The van der Waals surface area contributed by atoms with E-state index in [2.05, 4.69) is 10.3 Å². The van der Waals surface area contributed by atoms with Crippen LogP contribution in [-0.2, 0) is 6.18 Å². The van der Waals surface area contributed by atoms with Gasteiger partial charge in [-0.2, -0.15) is 13.2 Å². The Morgan fingerprint density at radius 2 is 1.64 bits per heavy atom. The van der Waals surface area contributed by atoms with Crippen LogP contribution in [0.5, 0.6) is 0 Å². The smallest absolute Gasteiger partial charge is 0.388 e. The lowest BCUT2D eigenvalue weighted by molar-refractivity contribution is -0.137. The van der Waals surface area contributed by atoms with Crippen LogP contribution in [0.15, 0.2) is 79.0 Å². The highest BCUT2D eigenvalue weighted by molar-refractivity contribution is 5.96. The zero-order valence-electron chi connectivity index (χ0n) is 20.7. The molecule has 0 spiro atoms. The molecule has 3 aromatic carbocycles. The Morgan fingerprint density at radius 3 is 2.28 bits per heavy atom. The molecule has 1 saturated heterocycles. The molecule has 2 heterocycles. The number of halogens is 5. The lowest BCUT2D eigenvalue weighted by atomic mass is 9.87. The summed E-state index contributed by atoms with van der Waals surface area (Å²) < 4.78 is 52.3. The van der Waals surface area contributed by atoms with Crippen molar-refractivity contribution in [1.29, 1.82) is 0 Å². The Balaban J connectivity index is 0.00000353. The number of hydrogen-bond donors (Lipinski definition) is 2. The van der Waals surface area contributed by atoms with Gasteiger partial charge < -0.3 is 15.3 Å². The van der Waals surface area contributed by atoms with Crippen molar-refractivity contribution in [2.75, 3.05) is 18.4 Å². The van der Waals surface area contributed by atoms with E-state index in [1.807, 2.05) is 0 Å². The van der Waals surface area contributed by atoms with Gasteiger partial charge in [-0.3, -0.25) is 9.78 Å². The number of nitrogens with one attached hydrogen (secondary N) is 1. The van der Waals surface area contributed by atoms with E-state index in [1.165, 1.54) is 24.4 Å².